The number of nitrogens with zero attached hydrogens (tertiary/aromatic N) is 1. The van der Waals surface area contributed by atoms with Crippen LogP contribution in [0.15, 0.2) is 51.8 Å². The van der Waals surface area contributed by atoms with Crippen LogP contribution in [0.3, 0.4) is 0 Å². The van der Waals surface area contributed by atoms with Gasteiger partial charge in [0.25, 0.3) is 0 Å². The zero-order valence-electron chi connectivity index (χ0n) is 14.9. The monoisotopic (exact) mass is 360 g/mol. The van der Waals surface area contributed by atoms with Gasteiger partial charge in [0, 0.05) is 34.0 Å². The van der Waals surface area contributed by atoms with Crippen molar-refractivity contribution in [2.24, 2.45) is 0 Å². The highest BCUT2D eigenvalue weighted by Crippen LogP contribution is 2.41. The number of fused-ring (bicyclic) bond motifs is 1. The number of hydrogen-bond acceptors (Lipinski definition) is 5. The molecule has 0 saturated carbocycles. The third kappa shape index (κ3) is 4.89. The molecule has 134 valence electrons. The van der Waals surface area contributed by atoms with E-state index in [4.69, 9.17) is 4.74 Å². The maximum absolute atomic E-state index is 12.2. The van der Waals surface area contributed by atoms with E-state index >= 15 is 0 Å². The summed E-state index contributed by atoms with van der Waals surface area (Å²) in [6.07, 6.45) is 0. The minimum absolute atomic E-state index is 0.0435. The number of benzene rings is 1. The van der Waals surface area contributed by atoms with Crippen molar-refractivity contribution in [2.45, 2.75) is 25.7 Å². The third-order valence-corrected chi connectivity index (χ3v) is 5.06. The molecule has 0 radical (unpaired) electrons. The number of rotatable bonds is 6. The van der Waals surface area contributed by atoms with E-state index in [-0.39, 0.29) is 18.5 Å². The minimum atomic E-state index is -0.381. The van der Waals surface area contributed by atoms with Crippen molar-refractivity contribution in [2.75, 3.05) is 31.1 Å². The molecule has 2 rings (SSSR count). The van der Waals surface area contributed by atoms with Crippen LogP contribution in [0.4, 0.5) is 5.69 Å². The van der Waals surface area contributed by atoms with E-state index in [0.717, 1.165) is 21.1 Å². The molecule has 0 aliphatic carbocycles. The van der Waals surface area contributed by atoms with Gasteiger partial charge in [0.2, 0.25) is 5.91 Å². The lowest BCUT2D eigenvalue weighted by atomic mass is 10.2. The van der Waals surface area contributed by atoms with Crippen LogP contribution < -0.4 is 10.2 Å². The number of hydrogen-bond donors (Lipinski definition) is 1. The number of nitrogens with one attached hydrogen (secondary N) is 1. The second kappa shape index (κ2) is 8.76. The first-order valence-electron chi connectivity index (χ1n) is 8.26. The number of para-hydroxylation sites is 1. The van der Waals surface area contributed by atoms with Gasteiger partial charge in [-0.25, -0.2) is 4.79 Å². The fourth-order valence-electron chi connectivity index (χ4n) is 2.41. The van der Waals surface area contributed by atoms with Crippen LogP contribution in [0, 0.1) is 0 Å². The van der Waals surface area contributed by atoms with Gasteiger partial charge in [-0.05, 0) is 32.9 Å². The third-order valence-electron chi connectivity index (χ3n) is 3.81. The number of carbonyl (C=O) groups is 2. The van der Waals surface area contributed by atoms with E-state index in [1.165, 1.54) is 0 Å². The Bertz CT molecular complexity index is 712. The smallest absolute Gasteiger partial charge is 0.333 e. The van der Waals surface area contributed by atoms with Crippen LogP contribution in [-0.4, -0.2) is 38.1 Å². The van der Waals surface area contributed by atoms with Gasteiger partial charge in [0.05, 0.1) is 12.2 Å². The van der Waals surface area contributed by atoms with Gasteiger partial charge in [0.1, 0.15) is 6.61 Å². The summed E-state index contributed by atoms with van der Waals surface area (Å²) < 4.78 is 5.22. The van der Waals surface area contributed by atoms with Gasteiger partial charge in [0.15, 0.2) is 0 Å². The molecule has 1 heterocycles. The number of carbonyl (C=O) groups excluding carboxylic acids is 2. The Morgan fingerprint density at radius 3 is 2.72 bits per heavy atom. The molecular weight excluding hydrogens is 336 g/mol. The van der Waals surface area contributed by atoms with Crippen molar-refractivity contribution < 1.29 is 14.3 Å². The molecule has 25 heavy (non-hydrogen) atoms. The van der Waals surface area contributed by atoms with E-state index in [0.29, 0.717) is 25.2 Å². The Labute approximate surface area is 153 Å². The summed E-state index contributed by atoms with van der Waals surface area (Å²) in [6, 6.07) is 8.05. The first-order chi connectivity index (χ1) is 11.9. The van der Waals surface area contributed by atoms with Gasteiger partial charge in [-0.3, -0.25) is 4.79 Å². The molecule has 6 heteroatoms. The Kier molecular flexibility index (Phi) is 6.70. The van der Waals surface area contributed by atoms with E-state index in [9.17, 15) is 9.59 Å². The number of likely N-dealkylation sites (N-methyl/N-ethyl adjacent to an activating group) is 1. The van der Waals surface area contributed by atoms with Crippen LogP contribution in [0.2, 0.25) is 0 Å². The Balaban J connectivity index is 2.17. The number of anilines is 1. The van der Waals surface area contributed by atoms with Gasteiger partial charge in [-0.1, -0.05) is 30.5 Å². The molecule has 1 aromatic rings. The quantitative estimate of drug-likeness (QED) is 0.624. The van der Waals surface area contributed by atoms with Crippen molar-refractivity contribution in [1.29, 1.82) is 0 Å². The number of amides is 1. The fourth-order valence-corrected chi connectivity index (χ4v) is 3.59. The average molecular weight is 360 g/mol. The zero-order chi connectivity index (χ0) is 18.4. The van der Waals surface area contributed by atoms with Crippen LogP contribution in [0.25, 0.3) is 0 Å². The molecule has 0 aromatic heterocycles. The molecule has 1 aromatic carbocycles. The number of thioether (sulfide) groups is 1. The predicted octanol–water partition coefficient (Wildman–Crippen LogP) is 3.13. The molecule has 1 N–H and O–H groups in total. The molecule has 0 unspecified atom stereocenters. The highest BCUT2D eigenvalue weighted by atomic mass is 32.2. The molecule has 1 aliphatic heterocycles. The van der Waals surface area contributed by atoms with Crippen molar-refractivity contribution in [1.82, 2.24) is 5.32 Å². The molecule has 0 bridgehead atoms. The predicted molar refractivity (Wildman–Crippen MR) is 102 cm³/mol. The Morgan fingerprint density at radius 2 is 2.04 bits per heavy atom. The van der Waals surface area contributed by atoms with E-state index in [1.807, 2.05) is 38.1 Å². The van der Waals surface area contributed by atoms with Crippen molar-refractivity contribution in [3.63, 3.8) is 0 Å². The maximum Gasteiger partial charge on any atom is 0.333 e. The first-order valence-corrected chi connectivity index (χ1v) is 9.08. The maximum atomic E-state index is 12.2. The lowest BCUT2D eigenvalue weighted by Gasteiger charge is -2.32. The standard InChI is InChI=1S/C19H24N2O3S/c1-5-20-18(22)14(4)17-12-21(10-11-24-19(23)13(2)3)15-8-6-7-9-16(15)25-17/h6-9H,2,5,10-12H2,1,3-4H3,(H,20,22)/b17-14+. The van der Waals surface area contributed by atoms with Crippen LogP contribution in [0.1, 0.15) is 20.8 Å². The van der Waals surface area contributed by atoms with Gasteiger partial charge >= 0.3 is 5.97 Å². The Morgan fingerprint density at radius 1 is 1.32 bits per heavy atom. The van der Waals surface area contributed by atoms with E-state index in [2.05, 4.69) is 16.8 Å². The van der Waals surface area contributed by atoms with Crippen LogP contribution in [0.5, 0.6) is 0 Å². The second-order valence-corrected chi connectivity index (χ2v) is 6.95. The zero-order valence-corrected chi connectivity index (χ0v) is 15.7. The normalized spacial score (nSPS) is 15.2. The molecule has 1 aliphatic rings. The first kappa shape index (κ1) is 19.1. The summed E-state index contributed by atoms with van der Waals surface area (Å²) in [5.41, 5.74) is 2.21. The summed E-state index contributed by atoms with van der Waals surface area (Å²) in [7, 11) is 0. The Hall–Kier alpha value is -2.21. The summed E-state index contributed by atoms with van der Waals surface area (Å²) in [5, 5.41) is 2.84. The average Bonchev–Trinajstić information content (AvgIpc) is 2.60. The molecule has 0 fully saturated rings. The highest BCUT2D eigenvalue weighted by Gasteiger charge is 2.23. The molecule has 5 nitrogen and oxygen atoms in total. The van der Waals surface area contributed by atoms with Crippen LogP contribution in [-0.2, 0) is 14.3 Å². The van der Waals surface area contributed by atoms with Crippen molar-refractivity contribution >= 4 is 29.3 Å². The summed E-state index contributed by atoms with van der Waals surface area (Å²) in [4.78, 5) is 28.0. The lowest BCUT2D eigenvalue weighted by Crippen LogP contribution is -2.34. The highest BCUT2D eigenvalue weighted by molar-refractivity contribution is 8.03. The number of ether oxygens (including phenoxy) is 1. The molecule has 0 spiro atoms. The van der Waals surface area contributed by atoms with E-state index < -0.39 is 0 Å². The molecule has 0 atom stereocenters. The van der Waals surface area contributed by atoms with Gasteiger partial charge in [-0.2, -0.15) is 0 Å². The minimum Gasteiger partial charge on any atom is -0.460 e. The SMILES string of the molecule is C=C(C)C(=O)OCCN1C/C(=C(/C)C(=O)NCC)Sc2ccccc21. The molecule has 0 saturated heterocycles. The summed E-state index contributed by atoms with van der Waals surface area (Å²) >= 11 is 1.62. The fraction of sp³-hybridized carbons (Fsp3) is 0.368. The van der Waals surface area contributed by atoms with Crippen molar-refractivity contribution in [3.05, 3.63) is 46.9 Å². The molecular formula is C19H24N2O3S. The summed E-state index contributed by atoms with van der Waals surface area (Å²) in [5.74, 6) is -0.424. The topological polar surface area (TPSA) is 58.6 Å². The molecule has 1 amide bonds. The largest absolute Gasteiger partial charge is 0.460 e. The summed E-state index contributed by atoms with van der Waals surface area (Å²) in [6.45, 7) is 11.0. The van der Waals surface area contributed by atoms with Crippen molar-refractivity contribution in [3.8, 4) is 0 Å². The van der Waals surface area contributed by atoms with Gasteiger partial charge < -0.3 is 15.0 Å². The second-order valence-electron chi connectivity index (χ2n) is 5.82. The number of esters is 1. The van der Waals surface area contributed by atoms with E-state index in [1.54, 1.807) is 18.7 Å². The lowest BCUT2D eigenvalue weighted by molar-refractivity contribution is -0.138. The van der Waals surface area contributed by atoms with Gasteiger partial charge in [-0.15, -0.1) is 0 Å². The van der Waals surface area contributed by atoms with Crippen LogP contribution >= 0.6 is 11.8 Å².